The molecular formula is C31H35Cl2N3O4S. The summed E-state index contributed by atoms with van der Waals surface area (Å²) in [6.07, 6.45) is 4.29. The van der Waals surface area contributed by atoms with Crippen molar-refractivity contribution in [2.24, 2.45) is 0 Å². The van der Waals surface area contributed by atoms with Gasteiger partial charge in [-0.05, 0) is 56.0 Å². The molecule has 41 heavy (non-hydrogen) atoms. The molecule has 0 aliphatic heterocycles. The summed E-state index contributed by atoms with van der Waals surface area (Å²) in [7, 11) is -4.23. The van der Waals surface area contributed by atoms with Crippen LogP contribution in [0.1, 0.15) is 50.2 Å². The Balaban J connectivity index is 1.73. The number of benzene rings is 3. The van der Waals surface area contributed by atoms with Crippen LogP contribution in [0.4, 0.5) is 5.69 Å². The minimum atomic E-state index is -4.23. The number of nitrogens with zero attached hydrogens (tertiary/aromatic N) is 2. The first kappa shape index (κ1) is 30.9. The van der Waals surface area contributed by atoms with E-state index in [-0.39, 0.29) is 39.1 Å². The Morgan fingerprint density at radius 3 is 2.24 bits per heavy atom. The molecule has 218 valence electrons. The lowest BCUT2D eigenvalue weighted by molar-refractivity contribution is -0.140. The van der Waals surface area contributed by atoms with Crippen molar-refractivity contribution >= 4 is 50.7 Å². The summed E-state index contributed by atoms with van der Waals surface area (Å²) in [6.45, 7) is 3.38. The van der Waals surface area contributed by atoms with Crippen molar-refractivity contribution < 1.29 is 18.0 Å². The summed E-state index contributed by atoms with van der Waals surface area (Å²) in [6, 6.07) is 19.5. The van der Waals surface area contributed by atoms with E-state index in [0.29, 0.717) is 6.42 Å². The molecule has 1 aliphatic carbocycles. The summed E-state index contributed by atoms with van der Waals surface area (Å²) in [4.78, 5) is 29.2. The van der Waals surface area contributed by atoms with Crippen LogP contribution in [0.5, 0.6) is 0 Å². The zero-order valence-electron chi connectivity index (χ0n) is 23.2. The van der Waals surface area contributed by atoms with Crippen LogP contribution in [-0.2, 0) is 26.2 Å². The molecule has 1 aliphatic rings. The van der Waals surface area contributed by atoms with Gasteiger partial charge in [-0.25, -0.2) is 8.42 Å². The van der Waals surface area contributed by atoms with Gasteiger partial charge in [-0.2, -0.15) is 0 Å². The van der Waals surface area contributed by atoms with Gasteiger partial charge in [-0.3, -0.25) is 13.9 Å². The van der Waals surface area contributed by atoms with E-state index in [0.717, 1.165) is 41.1 Å². The second-order valence-electron chi connectivity index (χ2n) is 10.3. The van der Waals surface area contributed by atoms with Gasteiger partial charge >= 0.3 is 0 Å². The number of rotatable bonds is 11. The Morgan fingerprint density at radius 2 is 1.61 bits per heavy atom. The van der Waals surface area contributed by atoms with Crippen molar-refractivity contribution in [2.45, 2.75) is 69.5 Å². The molecule has 0 spiro atoms. The predicted molar refractivity (Wildman–Crippen MR) is 164 cm³/mol. The molecule has 3 aromatic carbocycles. The number of anilines is 1. The van der Waals surface area contributed by atoms with E-state index in [2.05, 4.69) is 5.32 Å². The average Bonchev–Trinajstić information content (AvgIpc) is 3.47. The Morgan fingerprint density at radius 1 is 0.951 bits per heavy atom. The fraction of sp³-hybridized carbons (Fsp3) is 0.355. The van der Waals surface area contributed by atoms with Gasteiger partial charge in [-0.1, -0.05) is 97.1 Å². The fourth-order valence-electron chi connectivity index (χ4n) is 5.10. The van der Waals surface area contributed by atoms with E-state index < -0.39 is 28.5 Å². The van der Waals surface area contributed by atoms with Crippen LogP contribution in [0.2, 0.25) is 10.0 Å². The smallest absolute Gasteiger partial charge is 0.264 e. The van der Waals surface area contributed by atoms with Gasteiger partial charge in [-0.15, -0.1) is 0 Å². The average molecular weight is 617 g/mol. The lowest BCUT2D eigenvalue weighted by Crippen LogP contribution is -2.53. The number of amides is 2. The molecule has 1 saturated carbocycles. The van der Waals surface area contributed by atoms with Crippen LogP contribution in [-0.4, -0.2) is 43.8 Å². The standard InChI is InChI=1S/C31H35Cl2N3O4S/c1-3-27(31(38)34-24-10-7-8-11-24)35(20-23-18-16-22(2)17-19-23)29(37)21-36(28-15-9-14-26(32)30(28)33)41(39,40)25-12-5-4-6-13-25/h4-6,9,12-19,24,27H,3,7-8,10-11,20-21H2,1-2H3,(H,34,38)/t27-/m0/s1. The largest absolute Gasteiger partial charge is 0.352 e. The van der Waals surface area contributed by atoms with Gasteiger partial charge < -0.3 is 10.2 Å². The maximum atomic E-state index is 14.2. The first-order valence-electron chi connectivity index (χ1n) is 13.8. The van der Waals surface area contributed by atoms with Gasteiger partial charge in [0.15, 0.2) is 0 Å². The summed E-state index contributed by atoms with van der Waals surface area (Å²) >= 11 is 12.8. The number of nitrogens with one attached hydrogen (secondary N) is 1. The molecule has 0 bridgehead atoms. The number of hydrogen-bond donors (Lipinski definition) is 1. The minimum absolute atomic E-state index is 0.0000512. The lowest BCUT2D eigenvalue weighted by Gasteiger charge is -2.34. The molecule has 4 rings (SSSR count). The highest BCUT2D eigenvalue weighted by Crippen LogP contribution is 2.35. The second-order valence-corrected chi connectivity index (χ2v) is 13.0. The van der Waals surface area contributed by atoms with Gasteiger partial charge in [0.1, 0.15) is 12.6 Å². The Labute approximate surface area is 252 Å². The first-order valence-corrected chi connectivity index (χ1v) is 16.0. The van der Waals surface area contributed by atoms with Crippen LogP contribution in [0.3, 0.4) is 0 Å². The van der Waals surface area contributed by atoms with Crippen LogP contribution in [0.15, 0.2) is 77.7 Å². The van der Waals surface area contributed by atoms with E-state index in [9.17, 15) is 18.0 Å². The molecule has 7 nitrogen and oxygen atoms in total. The quantitative estimate of drug-likeness (QED) is 0.272. The SMILES string of the molecule is CC[C@@H](C(=O)NC1CCCC1)N(Cc1ccc(C)cc1)C(=O)CN(c1cccc(Cl)c1Cl)S(=O)(=O)c1ccccc1. The first-order chi connectivity index (χ1) is 19.6. The molecule has 0 aromatic heterocycles. The van der Waals surface area contributed by atoms with E-state index in [4.69, 9.17) is 23.2 Å². The predicted octanol–water partition coefficient (Wildman–Crippen LogP) is 6.36. The molecule has 1 fully saturated rings. The van der Waals surface area contributed by atoms with Gasteiger partial charge in [0.25, 0.3) is 10.0 Å². The normalized spacial score (nSPS) is 14.4. The van der Waals surface area contributed by atoms with Crippen LogP contribution < -0.4 is 9.62 Å². The molecule has 1 N–H and O–H groups in total. The molecule has 0 unspecified atom stereocenters. The Kier molecular flexibility index (Phi) is 10.3. The maximum absolute atomic E-state index is 14.2. The highest BCUT2D eigenvalue weighted by molar-refractivity contribution is 7.92. The molecular weight excluding hydrogens is 581 g/mol. The molecule has 0 heterocycles. The molecule has 0 radical (unpaired) electrons. The number of aryl methyl sites for hydroxylation is 1. The van der Waals surface area contributed by atoms with Crippen molar-refractivity contribution in [2.75, 3.05) is 10.8 Å². The maximum Gasteiger partial charge on any atom is 0.264 e. The topological polar surface area (TPSA) is 86.8 Å². The van der Waals surface area contributed by atoms with Crippen molar-refractivity contribution in [3.8, 4) is 0 Å². The number of halogens is 2. The van der Waals surface area contributed by atoms with E-state index in [1.54, 1.807) is 30.3 Å². The molecule has 1 atom stereocenters. The van der Waals surface area contributed by atoms with Crippen LogP contribution >= 0.6 is 23.2 Å². The lowest BCUT2D eigenvalue weighted by atomic mass is 10.1. The highest BCUT2D eigenvalue weighted by Gasteiger charge is 2.35. The van der Waals surface area contributed by atoms with Crippen molar-refractivity contribution in [1.82, 2.24) is 10.2 Å². The van der Waals surface area contributed by atoms with Crippen molar-refractivity contribution in [3.05, 3.63) is 94.0 Å². The van der Waals surface area contributed by atoms with Crippen LogP contribution in [0, 0.1) is 6.92 Å². The monoisotopic (exact) mass is 615 g/mol. The third kappa shape index (κ3) is 7.42. The van der Waals surface area contributed by atoms with Crippen LogP contribution in [0.25, 0.3) is 0 Å². The van der Waals surface area contributed by atoms with Crippen molar-refractivity contribution in [1.29, 1.82) is 0 Å². The number of sulfonamides is 1. The van der Waals surface area contributed by atoms with Gasteiger partial charge in [0, 0.05) is 12.6 Å². The Hall–Kier alpha value is -3.07. The van der Waals surface area contributed by atoms with Crippen molar-refractivity contribution in [3.63, 3.8) is 0 Å². The number of hydrogen-bond acceptors (Lipinski definition) is 4. The third-order valence-electron chi connectivity index (χ3n) is 7.37. The molecule has 3 aromatic rings. The highest BCUT2D eigenvalue weighted by atomic mass is 35.5. The second kappa shape index (κ2) is 13.7. The molecule has 10 heteroatoms. The number of carbonyl (C=O) groups is 2. The zero-order valence-corrected chi connectivity index (χ0v) is 25.6. The summed E-state index contributed by atoms with van der Waals surface area (Å²) in [5, 5.41) is 3.28. The van der Waals surface area contributed by atoms with Gasteiger partial charge in [0.05, 0.1) is 20.6 Å². The molecule has 2 amide bonds. The van der Waals surface area contributed by atoms with E-state index >= 15 is 0 Å². The summed E-state index contributed by atoms with van der Waals surface area (Å²) in [5.74, 6) is -0.771. The third-order valence-corrected chi connectivity index (χ3v) is 9.95. The fourth-order valence-corrected chi connectivity index (χ4v) is 6.99. The van der Waals surface area contributed by atoms with E-state index in [1.165, 1.54) is 23.1 Å². The molecule has 0 saturated heterocycles. The summed E-state index contributed by atoms with van der Waals surface area (Å²) in [5.41, 5.74) is 1.97. The number of carbonyl (C=O) groups excluding carboxylic acids is 2. The van der Waals surface area contributed by atoms with E-state index in [1.807, 2.05) is 38.1 Å². The zero-order chi connectivity index (χ0) is 29.6. The minimum Gasteiger partial charge on any atom is -0.352 e. The summed E-state index contributed by atoms with van der Waals surface area (Å²) < 4.78 is 28.8. The van der Waals surface area contributed by atoms with Gasteiger partial charge in [0.2, 0.25) is 11.8 Å². The Bertz CT molecular complexity index is 1460.